The fourth-order valence-corrected chi connectivity index (χ4v) is 2.91. The molecule has 0 aliphatic carbocycles. The van der Waals surface area contributed by atoms with Gasteiger partial charge in [0.2, 0.25) is 0 Å². The van der Waals surface area contributed by atoms with Crippen molar-refractivity contribution in [2.24, 2.45) is 0 Å². The van der Waals surface area contributed by atoms with E-state index in [2.05, 4.69) is 5.32 Å². The molecule has 1 heterocycles. The molecule has 108 valence electrons. The van der Waals surface area contributed by atoms with Crippen LogP contribution >= 0.6 is 11.3 Å². The van der Waals surface area contributed by atoms with Crippen LogP contribution in [0.3, 0.4) is 0 Å². The third-order valence-corrected chi connectivity index (χ3v) is 4.32. The SMILES string of the molecule is Cc1ccc(C(C)NCC(O)c2c(F)cccc2F)s1. The minimum absolute atomic E-state index is 0.0261. The van der Waals surface area contributed by atoms with Crippen LogP contribution in [-0.4, -0.2) is 11.7 Å². The highest BCUT2D eigenvalue weighted by molar-refractivity contribution is 7.12. The van der Waals surface area contributed by atoms with Crippen molar-refractivity contribution >= 4 is 11.3 Å². The Morgan fingerprint density at radius 3 is 2.40 bits per heavy atom. The van der Waals surface area contributed by atoms with E-state index in [-0.39, 0.29) is 18.2 Å². The lowest BCUT2D eigenvalue weighted by Gasteiger charge is -2.17. The molecule has 0 fully saturated rings. The highest BCUT2D eigenvalue weighted by Crippen LogP contribution is 2.24. The predicted octanol–water partition coefficient (Wildman–Crippen LogP) is 3.72. The van der Waals surface area contributed by atoms with Crippen LogP contribution in [0.4, 0.5) is 8.78 Å². The van der Waals surface area contributed by atoms with Crippen LogP contribution in [0.25, 0.3) is 0 Å². The third-order valence-electron chi connectivity index (χ3n) is 3.14. The zero-order valence-corrected chi connectivity index (χ0v) is 12.2. The Labute approximate surface area is 121 Å². The van der Waals surface area contributed by atoms with Crippen LogP contribution in [0.5, 0.6) is 0 Å². The fraction of sp³-hybridized carbons (Fsp3) is 0.333. The Balaban J connectivity index is 2.00. The molecule has 20 heavy (non-hydrogen) atoms. The molecule has 0 aliphatic heterocycles. The molecular formula is C15H17F2NOS. The number of aliphatic hydroxyl groups is 1. The van der Waals surface area contributed by atoms with E-state index in [1.54, 1.807) is 11.3 Å². The van der Waals surface area contributed by atoms with E-state index in [4.69, 9.17) is 0 Å². The molecule has 0 bridgehead atoms. The fourth-order valence-electron chi connectivity index (χ4n) is 2.01. The monoisotopic (exact) mass is 297 g/mol. The molecule has 1 aromatic carbocycles. The Hall–Kier alpha value is -1.30. The van der Waals surface area contributed by atoms with Gasteiger partial charge in [0.05, 0.1) is 11.7 Å². The van der Waals surface area contributed by atoms with E-state index in [9.17, 15) is 13.9 Å². The normalized spacial score (nSPS) is 14.2. The van der Waals surface area contributed by atoms with E-state index in [0.29, 0.717) is 0 Å². The van der Waals surface area contributed by atoms with E-state index in [0.717, 1.165) is 17.0 Å². The number of rotatable bonds is 5. The molecule has 0 amide bonds. The summed E-state index contributed by atoms with van der Waals surface area (Å²) in [7, 11) is 0. The molecule has 2 nitrogen and oxygen atoms in total. The number of halogens is 2. The maximum absolute atomic E-state index is 13.5. The summed E-state index contributed by atoms with van der Waals surface area (Å²) in [4.78, 5) is 2.33. The van der Waals surface area contributed by atoms with Crippen molar-refractivity contribution in [2.75, 3.05) is 6.54 Å². The van der Waals surface area contributed by atoms with Crippen LogP contribution in [0.15, 0.2) is 30.3 Å². The molecule has 0 spiro atoms. The lowest BCUT2D eigenvalue weighted by Crippen LogP contribution is -2.25. The van der Waals surface area contributed by atoms with Crippen LogP contribution < -0.4 is 5.32 Å². The number of aliphatic hydroxyl groups excluding tert-OH is 1. The molecule has 2 rings (SSSR count). The van der Waals surface area contributed by atoms with Gasteiger partial charge in [-0.15, -0.1) is 11.3 Å². The Morgan fingerprint density at radius 2 is 1.85 bits per heavy atom. The molecule has 0 radical (unpaired) electrons. The first kappa shape index (κ1) is 15.1. The Bertz CT molecular complexity index is 565. The van der Waals surface area contributed by atoms with Crippen molar-refractivity contribution < 1.29 is 13.9 Å². The Morgan fingerprint density at radius 1 is 1.20 bits per heavy atom. The van der Waals surface area contributed by atoms with Gasteiger partial charge in [0.1, 0.15) is 11.6 Å². The quantitative estimate of drug-likeness (QED) is 0.881. The number of benzene rings is 1. The number of hydrogen-bond donors (Lipinski definition) is 2. The molecule has 5 heteroatoms. The molecular weight excluding hydrogens is 280 g/mol. The summed E-state index contributed by atoms with van der Waals surface area (Å²) in [5.74, 6) is -1.45. The number of nitrogens with one attached hydrogen (secondary N) is 1. The van der Waals surface area contributed by atoms with E-state index < -0.39 is 17.7 Å². The Kier molecular flexibility index (Phi) is 4.86. The van der Waals surface area contributed by atoms with Gasteiger partial charge in [-0.25, -0.2) is 8.78 Å². The molecule has 2 aromatic rings. The first-order valence-corrected chi connectivity index (χ1v) is 7.22. The largest absolute Gasteiger partial charge is 0.387 e. The summed E-state index contributed by atoms with van der Waals surface area (Å²) < 4.78 is 27.1. The maximum Gasteiger partial charge on any atom is 0.131 e. The average molecular weight is 297 g/mol. The van der Waals surface area contributed by atoms with Crippen molar-refractivity contribution in [1.29, 1.82) is 0 Å². The van der Waals surface area contributed by atoms with Gasteiger partial charge in [0.15, 0.2) is 0 Å². The number of thiophene rings is 1. The van der Waals surface area contributed by atoms with Gasteiger partial charge in [0, 0.05) is 22.3 Å². The van der Waals surface area contributed by atoms with E-state index >= 15 is 0 Å². The van der Waals surface area contributed by atoms with Gasteiger partial charge >= 0.3 is 0 Å². The van der Waals surface area contributed by atoms with Crippen molar-refractivity contribution in [3.63, 3.8) is 0 Å². The molecule has 2 N–H and O–H groups in total. The molecule has 1 aromatic heterocycles. The van der Waals surface area contributed by atoms with Crippen molar-refractivity contribution in [3.8, 4) is 0 Å². The van der Waals surface area contributed by atoms with Crippen molar-refractivity contribution in [3.05, 3.63) is 57.3 Å². The first-order chi connectivity index (χ1) is 9.49. The van der Waals surface area contributed by atoms with Gasteiger partial charge in [-0.2, -0.15) is 0 Å². The second kappa shape index (κ2) is 6.43. The lowest BCUT2D eigenvalue weighted by molar-refractivity contribution is 0.161. The predicted molar refractivity (Wildman–Crippen MR) is 76.8 cm³/mol. The molecule has 2 atom stereocenters. The zero-order chi connectivity index (χ0) is 14.7. The van der Waals surface area contributed by atoms with E-state index in [1.807, 2.05) is 26.0 Å². The molecule has 0 saturated heterocycles. The average Bonchev–Trinajstić information content (AvgIpc) is 2.82. The standard InChI is InChI=1S/C15H17F2NOS/c1-9-6-7-14(20-9)10(2)18-8-13(19)15-11(16)4-3-5-12(15)17/h3-7,10,13,18-19H,8H2,1-2H3. The van der Waals surface area contributed by atoms with Crippen LogP contribution in [0.1, 0.15) is 34.4 Å². The van der Waals surface area contributed by atoms with Gasteiger partial charge < -0.3 is 10.4 Å². The smallest absolute Gasteiger partial charge is 0.131 e. The number of aryl methyl sites for hydroxylation is 1. The van der Waals surface area contributed by atoms with Crippen molar-refractivity contribution in [2.45, 2.75) is 26.0 Å². The van der Waals surface area contributed by atoms with Crippen LogP contribution in [0.2, 0.25) is 0 Å². The summed E-state index contributed by atoms with van der Waals surface area (Å²) >= 11 is 1.66. The maximum atomic E-state index is 13.5. The van der Waals surface area contributed by atoms with Gasteiger partial charge in [-0.1, -0.05) is 6.07 Å². The third kappa shape index (κ3) is 3.42. The summed E-state index contributed by atoms with van der Waals surface area (Å²) in [5.41, 5.74) is -0.283. The zero-order valence-electron chi connectivity index (χ0n) is 11.4. The van der Waals surface area contributed by atoms with Crippen LogP contribution in [0, 0.1) is 18.6 Å². The summed E-state index contributed by atoms with van der Waals surface area (Å²) in [5, 5.41) is 13.0. The minimum Gasteiger partial charge on any atom is -0.387 e. The summed E-state index contributed by atoms with van der Waals surface area (Å²) in [6.07, 6.45) is -1.21. The lowest BCUT2D eigenvalue weighted by atomic mass is 10.1. The topological polar surface area (TPSA) is 32.3 Å². The van der Waals surface area contributed by atoms with Gasteiger partial charge in [-0.3, -0.25) is 0 Å². The second-order valence-corrected chi connectivity index (χ2v) is 6.05. The highest BCUT2D eigenvalue weighted by Gasteiger charge is 2.18. The first-order valence-electron chi connectivity index (χ1n) is 6.40. The minimum atomic E-state index is -1.21. The van der Waals surface area contributed by atoms with Crippen molar-refractivity contribution in [1.82, 2.24) is 5.32 Å². The van der Waals surface area contributed by atoms with Crippen LogP contribution in [-0.2, 0) is 0 Å². The molecule has 0 saturated carbocycles. The second-order valence-electron chi connectivity index (χ2n) is 4.73. The number of hydrogen-bond acceptors (Lipinski definition) is 3. The summed E-state index contributed by atoms with van der Waals surface area (Å²) in [6.45, 7) is 4.07. The van der Waals surface area contributed by atoms with Gasteiger partial charge in [-0.05, 0) is 38.1 Å². The summed E-state index contributed by atoms with van der Waals surface area (Å²) in [6, 6.07) is 7.63. The van der Waals surface area contributed by atoms with Gasteiger partial charge in [0.25, 0.3) is 0 Å². The van der Waals surface area contributed by atoms with E-state index in [1.165, 1.54) is 10.9 Å². The molecule has 2 unspecified atom stereocenters. The molecule has 0 aliphatic rings. The highest BCUT2D eigenvalue weighted by atomic mass is 32.1.